The molecule has 2 amide bonds. The van der Waals surface area contributed by atoms with Crippen LogP contribution >= 0.6 is 0 Å². The zero-order valence-corrected chi connectivity index (χ0v) is 11.3. The molecule has 1 unspecified atom stereocenters. The highest BCUT2D eigenvalue weighted by Gasteiger charge is 2.41. The van der Waals surface area contributed by atoms with Gasteiger partial charge in [0, 0.05) is 0 Å². The van der Waals surface area contributed by atoms with Gasteiger partial charge in [0.05, 0.1) is 12.0 Å². The van der Waals surface area contributed by atoms with Gasteiger partial charge in [0.15, 0.2) is 0 Å². The first-order valence-electron chi connectivity index (χ1n) is 6.26. The van der Waals surface area contributed by atoms with E-state index in [-0.39, 0.29) is 23.8 Å². The molecule has 4 heteroatoms. The standard InChI is InChI=1S/C14H21NO3/c1-5-7-11(8-6-2)13(16)15-12(10(3)4)9-18-14(15)17/h5-6,8,10-12H,1,7,9H2,2-4H3/b8-6-/t11?,12-/m1/s1. The summed E-state index contributed by atoms with van der Waals surface area (Å²) in [6, 6.07) is -0.164. The Bertz CT molecular complexity index is 360. The van der Waals surface area contributed by atoms with Crippen molar-refractivity contribution in [2.24, 2.45) is 11.8 Å². The number of hydrogen-bond acceptors (Lipinski definition) is 3. The Hall–Kier alpha value is -1.58. The lowest BCUT2D eigenvalue weighted by molar-refractivity contribution is -0.132. The number of cyclic esters (lactones) is 1. The van der Waals surface area contributed by atoms with Gasteiger partial charge in [-0.25, -0.2) is 9.69 Å². The molecule has 1 heterocycles. The molecule has 1 aliphatic rings. The van der Waals surface area contributed by atoms with Crippen LogP contribution in [0.4, 0.5) is 4.79 Å². The Labute approximate surface area is 108 Å². The molecular formula is C14H21NO3. The molecule has 0 spiro atoms. The third-order valence-electron chi connectivity index (χ3n) is 3.08. The van der Waals surface area contributed by atoms with Crippen molar-refractivity contribution >= 4 is 12.0 Å². The van der Waals surface area contributed by atoms with Gasteiger partial charge < -0.3 is 4.74 Å². The van der Waals surface area contributed by atoms with Crippen LogP contribution in [0.3, 0.4) is 0 Å². The van der Waals surface area contributed by atoms with Crippen molar-refractivity contribution in [2.75, 3.05) is 6.61 Å². The lowest BCUT2D eigenvalue weighted by atomic mass is 9.99. The molecule has 18 heavy (non-hydrogen) atoms. The molecule has 1 aliphatic heterocycles. The maximum Gasteiger partial charge on any atom is 0.417 e. The van der Waals surface area contributed by atoms with Crippen LogP contribution in [0.25, 0.3) is 0 Å². The number of allylic oxidation sites excluding steroid dienone is 2. The van der Waals surface area contributed by atoms with Gasteiger partial charge in [-0.05, 0) is 19.3 Å². The number of carbonyl (C=O) groups excluding carboxylic acids is 2. The van der Waals surface area contributed by atoms with E-state index in [9.17, 15) is 9.59 Å². The number of amides is 2. The van der Waals surface area contributed by atoms with Gasteiger partial charge >= 0.3 is 6.09 Å². The number of ether oxygens (including phenoxy) is 1. The molecule has 0 aliphatic carbocycles. The second-order valence-corrected chi connectivity index (χ2v) is 4.75. The first-order chi connectivity index (χ1) is 8.52. The second kappa shape index (κ2) is 6.38. The van der Waals surface area contributed by atoms with Gasteiger partial charge in [0.25, 0.3) is 0 Å². The predicted molar refractivity (Wildman–Crippen MR) is 69.9 cm³/mol. The number of hydrogen-bond donors (Lipinski definition) is 0. The highest BCUT2D eigenvalue weighted by molar-refractivity contribution is 5.95. The van der Waals surface area contributed by atoms with Crippen LogP contribution in [0.15, 0.2) is 24.8 Å². The van der Waals surface area contributed by atoms with Gasteiger partial charge in [-0.3, -0.25) is 4.79 Å². The third-order valence-corrected chi connectivity index (χ3v) is 3.08. The van der Waals surface area contributed by atoms with Crippen molar-refractivity contribution in [3.05, 3.63) is 24.8 Å². The maximum atomic E-state index is 12.4. The summed E-state index contributed by atoms with van der Waals surface area (Å²) in [5.41, 5.74) is 0. The molecule has 0 bridgehead atoms. The van der Waals surface area contributed by atoms with Crippen LogP contribution in [0, 0.1) is 11.8 Å². The van der Waals surface area contributed by atoms with Crippen molar-refractivity contribution in [1.82, 2.24) is 4.90 Å². The third kappa shape index (κ3) is 3.00. The molecule has 0 N–H and O–H groups in total. The monoisotopic (exact) mass is 251 g/mol. The molecule has 0 aromatic carbocycles. The van der Waals surface area contributed by atoms with Crippen LogP contribution in [0.1, 0.15) is 27.2 Å². The molecule has 2 atom stereocenters. The summed E-state index contributed by atoms with van der Waals surface area (Å²) >= 11 is 0. The van der Waals surface area contributed by atoms with E-state index in [0.29, 0.717) is 13.0 Å². The zero-order valence-electron chi connectivity index (χ0n) is 11.3. The quantitative estimate of drug-likeness (QED) is 0.706. The molecule has 0 radical (unpaired) electrons. The molecular weight excluding hydrogens is 230 g/mol. The van der Waals surface area contributed by atoms with Crippen molar-refractivity contribution in [1.29, 1.82) is 0 Å². The van der Waals surface area contributed by atoms with Crippen LogP contribution in [0.2, 0.25) is 0 Å². The summed E-state index contributed by atoms with van der Waals surface area (Å²) in [6.45, 7) is 9.74. The van der Waals surface area contributed by atoms with Gasteiger partial charge in [0.2, 0.25) is 5.91 Å². The first kappa shape index (κ1) is 14.5. The Morgan fingerprint density at radius 3 is 2.78 bits per heavy atom. The van der Waals surface area contributed by atoms with E-state index in [1.807, 2.05) is 26.8 Å². The number of rotatable bonds is 5. The summed E-state index contributed by atoms with van der Waals surface area (Å²) in [5.74, 6) is -0.344. The van der Waals surface area contributed by atoms with Crippen LogP contribution < -0.4 is 0 Å². The van der Waals surface area contributed by atoms with Gasteiger partial charge in [-0.1, -0.05) is 32.1 Å². The minimum Gasteiger partial charge on any atom is -0.447 e. The minimum atomic E-state index is -0.530. The van der Waals surface area contributed by atoms with Crippen LogP contribution in [-0.2, 0) is 9.53 Å². The Kier molecular flexibility index (Phi) is 5.13. The van der Waals surface area contributed by atoms with E-state index in [0.717, 1.165) is 0 Å². The van der Waals surface area contributed by atoms with Gasteiger partial charge in [-0.15, -0.1) is 6.58 Å². The summed E-state index contributed by atoms with van der Waals surface area (Å²) in [5, 5.41) is 0. The normalized spacial score (nSPS) is 21.4. The fourth-order valence-electron chi connectivity index (χ4n) is 2.03. The van der Waals surface area contributed by atoms with E-state index in [2.05, 4.69) is 6.58 Å². The van der Waals surface area contributed by atoms with Gasteiger partial charge in [-0.2, -0.15) is 0 Å². The Morgan fingerprint density at radius 1 is 1.61 bits per heavy atom. The lowest BCUT2D eigenvalue weighted by Gasteiger charge is -2.25. The number of nitrogens with zero attached hydrogens (tertiary/aromatic N) is 1. The summed E-state index contributed by atoms with van der Waals surface area (Å²) in [6.07, 6.45) is 5.30. The van der Waals surface area contributed by atoms with Crippen molar-refractivity contribution < 1.29 is 14.3 Å². The van der Waals surface area contributed by atoms with Crippen molar-refractivity contribution in [3.63, 3.8) is 0 Å². The molecule has 1 saturated heterocycles. The largest absolute Gasteiger partial charge is 0.447 e. The highest BCUT2D eigenvalue weighted by Crippen LogP contribution is 2.23. The molecule has 1 rings (SSSR count). The topological polar surface area (TPSA) is 46.6 Å². The van der Waals surface area contributed by atoms with E-state index in [4.69, 9.17) is 4.74 Å². The average Bonchev–Trinajstić information content (AvgIpc) is 2.70. The smallest absolute Gasteiger partial charge is 0.417 e. The molecule has 0 aromatic rings. The Balaban J connectivity index is 2.91. The number of imide groups is 1. The van der Waals surface area contributed by atoms with E-state index < -0.39 is 6.09 Å². The van der Waals surface area contributed by atoms with Crippen LogP contribution in [0.5, 0.6) is 0 Å². The molecule has 0 saturated carbocycles. The van der Waals surface area contributed by atoms with Crippen LogP contribution in [-0.4, -0.2) is 29.5 Å². The SMILES string of the molecule is C=CCC(/C=C\C)C(=O)N1C(=O)OC[C@@H]1C(C)C. The summed E-state index contributed by atoms with van der Waals surface area (Å²) in [4.78, 5) is 25.3. The van der Waals surface area contributed by atoms with Crippen molar-refractivity contribution in [3.8, 4) is 0 Å². The summed E-state index contributed by atoms with van der Waals surface area (Å²) in [7, 11) is 0. The van der Waals surface area contributed by atoms with Crippen molar-refractivity contribution in [2.45, 2.75) is 33.2 Å². The lowest BCUT2D eigenvalue weighted by Crippen LogP contribution is -2.44. The second-order valence-electron chi connectivity index (χ2n) is 4.75. The number of carbonyl (C=O) groups is 2. The molecule has 100 valence electrons. The highest BCUT2D eigenvalue weighted by atomic mass is 16.6. The summed E-state index contributed by atoms with van der Waals surface area (Å²) < 4.78 is 4.98. The fraction of sp³-hybridized carbons (Fsp3) is 0.571. The first-order valence-corrected chi connectivity index (χ1v) is 6.26. The van der Waals surface area contributed by atoms with E-state index in [1.54, 1.807) is 12.2 Å². The average molecular weight is 251 g/mol. The molecule has 1 fully saturated rings. The fourth-order valence-corrected chi connectivity index (χ4v) is 2.03. The van der Waals surface area contributed by atoms with E-state index >= 15 is 0 Å². The van der Waals surface area contributed by atoms with E-state index in [1.165, 1.54) is 4.90 Å². The maximum absolute atomic E-state index is 12.4. The predicted octanol–water partition coefficient (Wildman–Crippen LogP) is 2.76. The molecule has 4 nitrogen and oxygen atoms in total. The Morgan fingerprint density at radius 2 is 2.28 bits per heavy atom. The van der Waals surface area contributed by atoms with Gasteiger partial charge in [0.1, 0.15) is 6.61 Å². The molecule has 0 aromatic heterocycles. The zero-order chi connectivity index (χ0) is 13.7. The minimum absolute atomic E-state index is 0.164.